The zero-order valence-electron chi connectivity index (χ0n) is 11.1. The van der Waals surface area contributed by atoms with E-state index in [1.807, 2.05) is 18.2 Å². The zero-order chi connectivity index (χ0) is 12.7. The maximum absolute atomic E-state index is 9.65. The molecule has 0 aliphatic rings. The average Bonchev–Trinajstić information content (AvgIpc) is 2.35. The Morgan fingerprint density at radius 2 is 1.88 bits per heavy atom. The van der Waals surface area contributed by atoms with Gasteiger partial charge in [0, 0.05) is 24.7 Å². The van der Waals surface area contributed by atoms with E-state index in [2.05, 4.69) is 31.0 Å². The summed E-state index contributed by atoms with van der Waals surface area (Å²) in [4.78, 5) is 2.39. The number of rotatable bonds is 7. The Bertz CT molecular complexity index is 324. The van der Waals surface area contributed by atoms with Crippen LogP contribution in [0.4, 0.5) is 0 Å². The van der Waals surface area contributed by atoms with Gasteiger partial charge < -0.3 is 15.3 Å². The molecule has 0 radical (unpaired) electrons. The number of aromatic hydroxyl groups is 1. The van der Waals surface area contributed by atoms with Gasteiger partial charge in [-0.2, -0.15) is 0 Å². The van der Waals surface area contributed by atoms with Crippen LogP contribution < -0.4 is 5.32 Å². The molecule has 0 aromatic heterocycles. The molecule has 0 bridgehead atoms. The lowest BCUT2D eigenvalue weighted by atomic mass is 10.2. The molecular weight excluding hydrogens is 212 g/mol. The number of phenolic OH excluding ortho intramolecular Hbond substituents is 1. The number of hydrogen-bond acceptors (Lipinski definition) is 3. The van der Waals surface area contributed by atoms with Gasteiger partial charge >= 0.3 is 0 Å². The molecule has 96 valence electrons. The monoisotopic (exact) mass is 236 g/mol. The second-order valence-electron chi connectivity index (χ2n) is 4.40. The maximum atomic E-state index is 9.65. The molecule has 0 spiro atoms. The van der Waals surface area contributed by atoms with E-state index in [-0.39, 0.29) is 0 Å². The Labute approximate surface area is 104 Å². The summed E-state index contributed by atoms with van der Waals surface area (Å²) < 4.78 is 0. The first kappa shape index (κ1) is 14.0. The number of para-hydroxylation sites is 1. The van der Waals surface area contributed by atoms with Crippen LogP contribution in [-0.4, -0.2) is 35.7 Å². The van der Waals surface area contributed by atoms with Crippen molar-refractivity contribution in [2.24, 2.45) is 0 Å². The first-order valence-electron chi connectivity index (χ1n) is 6.40. The van der Waals surface area contributed by atoms with Crippen LogP contribution in [-0.2, 0) is 6.54 Å². The van der Waals surface area contributed by atoms with Crippen LogP contribution in [0.1, 0.15) is 26.3 Å². The Morgan fingerprint density at radius 1 is 1.24 bits per heavy atom. The van der Waals surface area contributed by atoms with E-state index in [0.717, 1.165) is 31.7 Å². The third-order valence-electron chi connectivity index (χ3n) is 3.06. The number of likely N-dealkylation sites (N-methyl/N-ethyl adjacent to an activating group) is 1. The van der Waals surface area contributed by atoms with Crippen molar-refractivity contribution in [2.75, 3.05) is 19.6 Å². The second kappa shape index (κ2) is 7.30. The summed E-state index contributed by atoms with van der Waals surface area (Å²) in [6.45, 7) is 10.5. The first-order chi connectivity index (χ1) is 8.17. The highest BCUT2D eigenvalue weighted by atomic mass is 16.3. The Morgan fingerprint density at radius 3 is 2.47 bits per heavy atom. The van der Waals surface area contributed by atoms with Gasteiger partial charge in [0.15, 0.2) is 0 Å². The van der Waals surface area contributed by atoms with Crippen molar-refractivity contribution in [3.05, 3.63) is 29.8 Å². The number of hydrogen-bond donors (Lipinski definition) is 2. The zero-order valence-corrected chi connectivity index (χ0v) is 11.1. The summed E-state index contributed by atoms with van der Waals surface area (Å²) in [6, 6.07) is 7.90. The molecule has 0 fully saturated rings. The molecule has 0 saturated carbocycles. The molecule has 0 aliphatic heterocycles. The van der Waals surface area contributed by atoms with Crippen LogP contribution in [0, 0.1) is 0 Å². The summed E-state index contributed by atoms with van der Waals surface area (Å²) in [5.74, 6) is 0.370. The van der Waals surface area contributed by atoms with E-state index in [1.54, 1.807) is 6.07 Å². The van der Waals surface area contributed by atoms with Crippen LogP contribution in [0.25, 0.3) is 0 Å². The van der Waals surface area contributed by atoms with Gasteiger partial charge in [-0.1, -0.05) is 32.0 Å². The van der Waals surface area contributed by atoms with Crippen molar-refractivity contribution in [3.63, 3.8) is 0 Å². The van der Waals surface area contributed by atoms with Crippen molar-refractivity contribution >= 4 is 0 Å². The lowest BCUT2D eigenvalue weighted by molar-refractivity contribution is 0.270. The highest BCUT2D eigenvalue weighted by molar-refractivity contribution is 5.31. The fraction of sp³-hybridized carbons (Fsp3) is 0.571. The topological polar surface area (TPSA) is 35.5 Å². The molecule has 1 aromatic carbocycles. The molecule has 0 aliphatic carbocycles. The lowest BCUT2D eigenvalue weighted by Gasteiger charge is -2.23. The smallest absolute Gasteiger partial charge is 0.120 e. The molecular formula is C14H24N2O. The molecule has 1 unspecified atom stereocenters. The third-order valence-corrected chi connectivity index (χ3v) is 3.06. The van der Waals surface area contributed by atoms with Crippen LogP contribution in [0.3, 0.4) is 0 Å². The summed E-state index contributed by atoms with van der Waals surface area (Å²) in [7, 11) is 0. The Hall–Kier alpha value is -1.06. The number of nitrogens with zero attached hydrogens (tertiary/aromatic N) is 1. The van der Waals surface area contributed by atoms with Crippen molar-refractivity contribution in [1.29, 1.82) is 0 Å². The van der Waals surface area contributed by atoms with Crippen LogP contribution in [0.15, 0.2) is 24.3 Å². The second-order valence-corrected chi connectivity index (χ2v) is 4.40. The average molecular weight is 236 g/mol. The normalized spacial score (nSPS) is 12.9. The van der Waals surface area contributed by atoms with E-state index in [9.17, 15) is 5.11 Å². The molecule has 3 nitrogen and oxygen atoms in total. The van der Waals surface area contributed by atoms with Gasteiger partial charge in [0.05, 0.1) is 0 Å². The lowest BCUT2D eigenvalue weighted by Crippen LogP contribution is -2.38. The van der Waals surface area contributed by atoms with Crippen LogP contribution in [0.5, 0.6) is 5.75 Å². The number of benzene rings is 1. The third kappa shape index (κ3) is 4.75. The molecule has 1 atom stereocenters. The van der Waals surface area contributed by atoms with Gasteiger partial charge in [-0.05, 0) is 26.1 Å². The molecule has 0 saturated heterocycles. The predicted molar refractivity (Wildman–Crippen MR) is 72.2 cm³/mol. The van der Waals surface area contributed by atoms with E-state index >= 15 is 0 Å². The minimum Gasteiger partial charge on any atom is -0.508 e. The van der Waals surface area contributed by atoms with Crippen molar-refractivity contribution in [3.8, 4) is 5.75 Å². The largest absolute Gasteiger partial charge is 0.508 e. The maximum Gasteiger partial charge on any atom is 0.120 e. The van der Waals surface area contributed by atoms with Gasteiger partial charge in [-0.3, -0.25) is 0 Å². The van der Waals surface area contributed by atoms with Crippen LogP contribution >= 0.6 is 0 Å². The number of phenols is 1. The molecule has 17 heavy (non-hydrogen) atoms. The summed E-state index contributed by atoms with van der Waals surface area (Å²) in [5, 5.41) is 13.1. The van der Waals surface area contributed by atoms with Crippen molar-refractivity contribution in [2.45, 2.75) is 33.4 Å². The van der Waals surface area contributed by atoms with E-state index < -0.39 is 0 Å². The fourth-order valence-corrected chi connectivity index (χ4v) is 1.88. The van der Waals surface area contributed by atoms with E-state index in [1.165, 1.54) is 0 Å². The van der Waals surface area contributed by atoms with Gasteiger partial charge in [-0.25, -0.2) is 0 Å². The van der Waals surface area contributed by atoms with Gasteiger partial charge in [0.1, 0.15) is 5.75 Å². The van der Waals surface area contributed by atoms with E-state index in [4.69, 9.17) is 0 Å². The first-order valence-corrected chi connectivity index (χ1v) is 6.40. The summed E-state index contributed by atoms with van der Waals surface area (Å²) in [6.07, 6.45) is 0. The molecule has 1 aromatic rings. The molecule has 0 amide bonds. The number of nitrogens with one attached hydrogen (secondary N) is 1. The molecule has 1 rings (SSSR count). The molecule has 3 heteroatoms. The van der Waals surface area contributed by atoms with Gasteiger partial charge in [0.25, 0.3) is 0 Å². The summed E-state index contributed by atoms with van der Waals surface area (Å²) >= 11 is 0. The summed E-state index contributed by atoms with van der Waals surface area (Å²) in [5.41, 5.74) is 0.957. The SMILES string of the molecule is CCN(CC)CC(C)NCc1ccccc1O. The van der Waals surface area contributed by atoms with Crippen molar-refractivity contribution in [1.82, 2.24) is 10.2 Å². The van der Waals surface area contributed by atoms with Gasteiger partial charge in [-0.15, -0.1) is 0 Å². The standard InChI is InChI=1S/C14H24N2O/c1-4-16(5-2)11-12(3)15-10-13-8-6-7-9-14(13)17/h6-9,12,15,17H,4-5,10-11H2,1-3H3. The fourth-order valence-electron chi connectivity index (χ4n) is 1.88. The highest BCUT2D eigenvalue weighted by Crippen LogP contribution is 2.14. The predicted octanol–water partition coefficient (Wildman–Crippen LogP) is 2.21. The molecule has 0 heterocycles. The van der Waals surface area contributed by atoms with Crippen molar-refractivity contribution < 1.29 is 5.11 Å². The Balaban J connectivity index is 2.38. The quantitative estimate of drug-likeness (QED) is 0.762. The van der Waals surface area contributed by atoms with E-state index in [0.29, 0.717) is 11.8 Å². The highest BCUT2D eigenvalue weighted by Gasteiger charge is 2.07. The molecule has 2 N–H and O–H groups in total. The minimum absolute atomic E-state index is 0.370. The minimum atomic E-state index is 0.370. The van der Waals surface area contributed by atoms with Crippen LogP contribution in [0.2, 0.25) is 0 Å². The Kier molecular flexibility index (Phi) is 6.01. The van der Waals surface area contributed by atoms with Gasteiger partial charge in [0.2, 0.25) is 0 Å².